The summed E-state index contributed by atoms with van der Waals surface area (Å²) in [4.78, 5) is 0. The van der Waals surface area contributed by atoms with E-state index in [9.17, 15) is 0 Å². The van der Waals surface area contributed by atoms with Crippen molar-refractivity contribution in [2.75, 3.05) is 0 Å². The van der Waals surface area contributed by atoms with Crippen LogP contribution in [0.2, 0.25) is 0 Å². The molecule has 0 amide bonds. The van der Waals surface area contributed by atoms with Gasteiger partial charge in [-0.1, -0.05) is 13.8 Å². The molecule has 1 aromatic heterocycles. The average Bonchev–Trinajstić information content (AvgIpc) is 2.66. The first-order chi connectivity index (χ1) is 7.60. The maximum Gasteiger partial charge on any atom is 0.0900 e. The van der Waals surface area contributed by atoms with Crippen LogP contribution in [-0.4, -0.2) is 15.9 Å². The van der Waals surface area contributed by atoms with E-state index in [0.717, 1.165) is 23.0 Å². The zero-order chi connectivity index (χ0) is 12.1. The quantitative estimate of drug-likeness (QED) is 0.793. The van der Waals surface area contributed by atoms with Crippen LogP contribution in [0.1, 0.15) is 52.3 Å². The molecule has 0 bridgehead atoms. The van der Waals surface area contributed by atoms with Crippen molar-refractivity contribution in [3.8, 4) is 0 Å². The summed E-state index contributed by atoms with van der Waals surface area (Å²) in [6.45, 7) is 9.19. The number of halogens is 1. The highest BCUT2D eigenvalue weighted by Gasteiger charge is 2.13. The van der Waals surface area contributed by atoms with Gasteiger partial charge in [0.05, 0.1) is 29.1 Å². The van der Waals surface area contributed by atoms with Gasteiger partial charge in [-0.25, -0.2) is 0 Å². The molecular formula is C12H21BrN2O. The predicted octanol–water partition coefficient (Wildman–Crippen LogP) is 3.93. The highest BCUT2D eigenvalue weighted by molar-refractivity contribution is 9.10. The molecule has 0 spiro atoms. The SMILES string of the molecule is CCC(C)OCc1c(Br)cnn1C(C)CC. The number of rotatable bonds is 6. The first-order valence-corrected chi connectivity index (χ1v) is 6.72. The molecule has 0 aliphatic rings. The Morgan fingerprint density at radius 1 is 1.38 bits per heavy atom. The van der Waals surface area contributed by atoms with Crippen LogP contribution in [0.4, 0.5) is 0 Å². The second-order valence-corrected chi connectivity index (χ2v) is 5.03. The third-order valence-corrected chi connectivity index (χ3v) is 3.60. The molecule has 1 heterocycles. The Hall–Kier alpha value is -0.350. The summed E-state index contributed by atoms with van der Waals surface area (Å²) in [6.07, 6.45) is 4.26. The molecule has 2 atom stereocenters. The van der Waals surface area contributed by atoms with E-state index in [0.29, 0.717) is 18.8 Å². The summed E-state index contributed by atoms with van der Waals surface area (Å²) in [6, 6.07) is 0.418. The lowest BCUT2D eigenvalue weighted by atomic mass is 10.2. The minimum atomic E-state index is 0.298. The second kappa shape index (κ2) is 6.40. The Morgan fingerprint density at radius 3 is 2.62 bits per heavy atom. The van der Waals surface area contributed by atoms with Crippen molar-refractivity contribution in [2.24, 2.45) is 0 Å². The minimum Gasteiger partial charge on any atom is -0.372 e. The van der Waals surface area contributed by atoms with Crippen LogP contribution in [0.25, 0.3) is 0 Å². The van der Waals surface area contributed by atoms with Gasteiger partial charge >= 0.3 is 0 Å². The van der Waals surface area contributed by atoms with E-state index < -0.39 is 0 Å². The Labute approximate surface area is 106 Å². The van der Waals surface area contributed by atoms with Crippen molar-refractivity contribution in [2.45, 2.75) is 59.3 Å². The Bertz CT molecular complexity index is 325. The van der Waals surface area contributed by atoms with Crippen molar-refractivity contribution in [1.29, 1.82) is 0 Å². The number of ether oxygens (including phenoxy) is 1. The molecule has 0 aliphatic carbocycles. The maximum atomic E-state index is 5.76. The molecule has 0 radical (unpaired) electrons. The Kier molecular flexibility index (Phi) is 5.49. The molecule has 0 N–H and O–H groups in total. The van der Waals surface area contributed by atoms with E-state index >= 15 is 0 Å². The van der Waals surface area contributed by atoms with Gasteiger partial charge in [0.1, 0.15) is 0 Å². The maximum absolute atomic E-state index is 5.76. The average molecular weight is 289 g/mol. The van der Waals surface area contributed by atoms with E-state index in [1.807, 2.05) is 10.9 Å². The van der Waals surface area contributed by atoms with E-state index in [4.69, 9.17) is 4.74 Å². The number of aromatic nitrogens is 2. The van der Waals surface area contributed by atoms with Crippen molar-refractivity contribution in [3.63, 3.8) is 0 Å². The molecule has 2 unspecified atom stereocenters. The van der Waals surface area contributed by atoms with Crippen LogP contribution in [0.5, 0.6) is 0 Å². The first kappa shape index (κ1) is 13.7. The van der Waals surface area contributed by atoms with Gasteiger partial charge in [-0.3, -0.25) is 4.68 Å². The van der Waals surface area contributed by atoms with E-state index in [2.05, 4.69) is 48.7 Å². The fourth-order valence-electron chi connectivity index (χ4n) is 1.39. The van der Waals surface area contributed by atoms with Gasteiger partial charge in [-0.15, -0.1) is 0 Å². The number of hydrogen-bond acceptors (Lipinski definition) is 2. The number of nitrogens with zero attached hydrogens (tertiary/aromatic N) is 2. The summed E-state index contributed by atoms with van der Waals surface area (Å²) in [7, 11) is 0. The van der Waals surface area contributed by atoms with Gasteiger partial charge in [0, 0.05) is 6.04 Å². The molecule has 4 heteroatoms. The molecule has 92 valence electrons. The monoisotopic (exact) mass is 288 g/mol. The molecule has 0 saturated heterocycles. The van der Waals surface area contributed by atoms with E-state index in [-0.39, 0.29) is 0 Å². The highest BCUT2D eigenvalue weighted by Crippen LogP contribution is 2.22. The van der Waals surface area contributed by atoms with Crippen molar-refractivity contribution in [1.82, 2.24) is 9.78 Å². The largest absolute Gasteiger partial charge is 0.372 e. The fourth-order valence-corrected chi connectivity index (χ4v) is 1.78. The lowest BCUT2D eigenvalue weighted by Crippen LogP contribution is -2.13. The molecule has 0 aliphatic heterocycles. The second-order valence-electron chi connectivity index (χ2n) is 4.17. The van der Waals surface area contributed by atoms with Crippen molar-refractivity contribution >= 4 is 15.9 Å². The minimum absolute atomic E-state index is 0.298. The van der Waals surface area contributed by atoms with Crippen molar-refractivity contribution < 1.29 is 4.74 Å². The van der Waals surface area contributed by atoms with Crippen molar-refractivity contribution in [3.05, 3.63) is 16.4 Å². The Balaban J connectivity index is 2.73. The van der Waals surface area contributed by atoms with Crippen LogP contribution in [0.15, 0.2) is 10.7 Å². The van der Waals surface area contributed by atoms with E-state index in [1.54, 1.807) is 0 Å². The zero-order valence-electron chi connectivity index (χ0n) is 10.5. The predicted molar refractivity (Wildman–Crippen MR) is 69.5 cm³/mol. The van der Waals surface area contributed by atoms with Gasteiger partial charge in [-0.2, -0.15) is 5.10 Å². The normalized spacial score (nSPS) is 15.1. The smallest absolute Gasteiger partial charge is 0.0900 e. The summed E-state index contributed by atoms with van der Waals surface area (Å²) in [5, 5.41) is 4.38. The molecule has 0 fully saturated rings. The summed E-state index contributed by atoms with van der Waals surface area (Å²) in [5.74, 6) is 0. The van der Waals surface area contributed by atoms with Gasteiger partial charge in [0.25, 0.3) is 0 Å². The van der Waals surface area contributed by atoms with Gasteiger partial charge in [0.15, 0.2) is 0 Å². The third kappa shape index (κ3) is 3.32. The molecule has 3 nitrogen and oxygen atoms in total. The van der Waals surface area contributed by atoms with Gasteiger partial charge in [0.2, 0.25) is 0 Å². The van der Waals surface area contributed by atoms with Gasteiger partial charge in [-0.05, 0) is 42.6 Å². The first-order valence-electron chi connectivity index (χ1n) is 5.93. The molecule has 0 saturated carbocycles. The zero-order valence-corrected chi connectivity index (χ0v) is 12.1. The fraction of sp³-hybridized carbons (Fsp3) is 0.750. The highest BCUT2D eigenvalue weighted by atomic mass is 79.9. The van der Waals surface area contributed by atoms with Crippen LogP contribution in [0, 0.1) is 0 Å². The molecule has 1 aromatic rings. The lowest BCUT2D eigenvalue weighted by Gasteiger charge is -2.16. The standard InChI is InChI=1S/C12H21BrN2O/c1-5-9(3)15-12(11(13)7-14-15)8-16-10(4)6-2/h7,9-10H,5-6,8H2,1-4H3. The molecule has 16 heavy (non-hydrogen) atoms. The topological polar surface area (TPSA) is 27.1 Å². The summed E-state index contributed by atoms with van der Waals surface area (Å²) in [5.41, 5.74) is 1.13. The summed E-state index contributed by atoms with van der Waals surface area (Å²) < 4.78 is 8.85. The van der Waals surface area contributed by atoms with Crippen LogP contribution in [-0.2, 0) is 11.3 Å². The number of hydrogen-bond donors (Lipinski definition) is 0. The Morgan fingerprint density at radius 2 is 2.06 bits per heavy atom. The molecule has 0 aromatic carbocycles. The van der Waals surface area contributed by atoms with E-state index in [1.165, 1.54) is 0 Å². The van der Waals surface area contributed by atoms with Crippen LogP contribution < -0.4 is 0 Å². The molecule has 1 rings (SSSR count). The molecular weight excluding hydrogens is 268 g/mol. The lowest BCUT2D eigenvalue weighted by molar-refractivity contribution is 0.0455. The third-order valence-electron chi connectivity index (χ3n) is 2.94. The summed E-state index contributed by atoms with van der Waals surface area (Å²) >= 11 is 3.52. The van der Waals surface area contributed by atoms with Crippen LogP contribution in [0.3, 0.4) is 0 Å². The van der Waals surface area contributed by atoms with Crippen LogP contribution >= 0.6 is 15.9 Å². The van der Waals surface area contributed by atoms with Gasteiger partial charge < -0.3 is 4.74 Å².